The van der Waals surface area contributed by atoms with Gasteiger partial charge in [-0.1, -0.05) is 18.2 Å². The Bertz CT molecular complexity index is 978. The fraction of sp³-hybridized carbons (Fsp3) is 0. The number of carbonyl (C=O) groups is 3. The van der Waals surface area contributed by atoms with Gasteiger partial charge in [0.1, 0.15) is 0 Å². The van der Waals surface area contributed by atoms with Crippen molar-refractivity contribution in [3.05, 3.63) is 79.1 Å². The van der Waals surface area contributed by atoms with Crippen LogP contribution in [0.1, 0.15) is 0 Å². The van der Waals surface area contributed by atoms with Gasteiger partial charge in [-0.05, 0) is 48.5 Å². The van der Waals surface area contributed by atoms with Crippen LogP contribution in [0.15, 0.2) is 79.1 Å². The van der Waals surface area contributed by atoms with E-state index < -0.39 is 11.8 Å². The molecule has 1 aromatic heterocycles. The molecule has 3 rings (SSSR count). The van der Waals surface area contributed by atoms with E-state index in [1.807, 2.05) is 18.2 Å². The highest BCUT2D eigenvalue weighted by atomic mass is 16.2. The second kappa shape index (κ2) is 9.51. The van der Waals surface area contributed by atoms with Crippen LogP contribution < -0.4 is 26.8 Å². The maximum Gasteiger partial charge on any atom is 0.327 e. The molecule has 9 nitrogen and oxygen atoms in total. The van der Waals surface area contributed by atoms with Crippen molar-refractivity contribution >= 4 is 40.6 Å². The summed E-state index contributed by atoms with van der Waals surface area (Å²) in [6.07, 6.45) is 3.00. The summed E-state index contributed by atoms with van der Waals surface area (Å²) in [5.74, 6) is -1.68. The second-order valence-corrected chi connectivity index (χ2v) is 5.79. The number of hydrogen-bond acceptors (Lipinski definition) is 5. The summed E-state index contributed by atoms with van der Waals surface area (Å²) < 4.78 is 0. The monoisotopic (exact) mass is 390 g/mol. The van der Waals surface area contributed by atoms with E-state index in [1.165, 1.54) is 12.4 Å². The maximum atomic E-state index is 12.0. The lowest BCUT2D eigenvalue weighted by molar-refractivity contribution is -0.135. The molecule has 0 aliphatic carbocycles. The molecular weight excluding hydrogens is 372 g/mol. The third kappa shape index (κ3) is 6.07. The van der Waals surface area contributed by atoms with Crippen molar-refractivity contribution in [1.29, 1.82) is 0 Å². The molecule has 0 saturated carbocycles. The Hall–Kier alpha value is -4.40. The molecule has 0 saturated heterocycles. The molecule has 29 heavy (non-hydrogen) atoms. The minimum atomic E-state index is -0.855. The maximum absolute atomic E-state index is 12.0. The number of nitrogens with one attached hydrogen (secondary N) is 5. The molecule has 0 unspecified atom stereocenters. The normalized spacial score (nSPS) is 9.79. The molecule has 1 heterocycles. The fourth-order valence-corrected chi connectivity index (χ4v) is 2.26. The summed E-state index contributed by atoms with van der Waals surface area (Å²) in [4.78, 5) is 39.4. The summed E-state index contributed by atoms with van der Waals surface area (Å²) in [5.41, 5.74) is 7.16. The van der Waals surface area contributed by atoms with Crippen molar-refractivity contribution in [1.82, 2.24) is 10.4 Å². The van der Waals surface area contributed by atoms with E-state index in [9.17, 15) is 14.4 Å². The highest BCUT2D eigenvalue weighted by Gasteiger charge is 2.13. The number of benzene rings is 2. The van der Waals surface area contributed by atoms with Crippen LogP contribution in [0.2, 0.25) is 0 Å². The van der Waals surface area contributed by atoms with Gasteiger partial charge in [-0.3, -0.25) is 25.4 Å². The smallest absolute Gasteiger partial charge is 0.318 e. The molecule has 0 atom stereocenters. The van der Waals surface area contributed by atoms with Crippen LogP contribution in [0.5, 0.6) is 0 Å². The lowest BCUT2D eigenvalue weighted by atomic mass is 10.3. The third-order valence-corrected chi connectivity index (χ3v) is 3.64. The van der Waals surface area contributed by atoms with Gasteiger partial charge in [0.15, 0.2) is 0 Å². The predicted octanol–water partition coefficient (Wildman–Crippen LogP) is 2.81. The summed E-state index contributed by atoms with van der Waals surface area (Å²) >= 11 is 0. The molecule has 5 N–H and O–H groups in total. The van der Waals surface area contributed by atoms with Crippen LogP contribution in [-0.2, 0) is 9.59 Å². The molecule has 9 heteroatoms. The lowest BCUT2D eigenvalue weighted by Crippen LogP contribution is -2.38. The first-order valence-corrected chi connectivity index (χ1v) is 8.60. The van der Waals surface area contributed by atoms with E-state index in [2.05, 4.69) is 31.8 Å². The molecule has 0 aliphatic heterocycles. The number of amides is 4. The van der Waals surface area contributed by atoms with E-state index in [0.29, 0.717) is 22.7 Å². The number of nitrogens with zero attached hydrogens (tertiary/aromatic N) is 1. The van der Waals surface area contributed by atoms with Crippen molar-refractivity contribution in [2.45, 2.75) is 0 Å². The van der Waals surface area contributed by atoms with E-state index in [4.69, 9.17) is 0 Å². The number of pyridine rings is 1. The van der Waals surface area contributed by atoms with Gasteiger partial charge < -0.3 is 16.0 Å². The molecule has 3 aromatic rings. The summed E-state index contributed by atoms with van der Waals surface area (Å²) in [5, 5.41) is 7.84. The second-order valence-electron chi connectivity index (χ2n) is 5.79. The average Bonchev–Trinajstić information content (AvgIpc) is 2.74. The van der Waals surface area contributed by atoms with Crippen LogP contribution in [0, 0.1) is 0 Å². The van der Waals surface area contributed by atoms with E-state index in [-0.39, 0.29) is 6.03 Å². The molecule has 0 aliphatic rings. The van der Waals surface area contributed by atoms with Crippen LogP contribution in [0.3, 0.4) is 0 Å². The van der Waals surface area contributed by atoms with Gasteiger partial charge in [-0.15, -0.1) is 0 Å². The highest BCUT2D eigenvalue weighted by Crippen LogP contribution is 2.13. The average molecular weight is 390 g/mol. The Balaban J connectivity index is 1.45. The van der Waals surface area contributed by atoms with Gasteiger partial charge in [0.05, 0.1) is 5.69 Å². The van der Waals surface area contributed by atoms with E-state index in [1.54, 1.807) is 48.5 Å². The largest absolute Gasteiger partial charge is 0.327 e. The number of rotatable bonds is 5. The zero-order valence-corrected chi connectivity index (χ0v) is 15.2. The van der Waals surface area contributed by atoms with Gasteiger partial charge in [0, 0.05) is 29.5 Å². The number of hydrogen-bond donors (Lipinski definition) is 5. The Morgan fingerprint density at radius 3 is 1.79 bits per heavy atom. The summed E-state index contributed by atoms with van der Waals surface area (Å²) in [6.45, 7) is 0. The zero-order chi connectivity index (χ0) is 20.5. The van der Waals surface area contributed by atoms with E-state index >= 15 is 0 Å². The Kier molecular flexibility index (Phi) is 6.35. The number of aromatic nitrogens is 1. The molecule has 146 valence electrons. The highest BCUT2D eigenvalue weighted by molar-refractivity contribution is 6.39. The fourth-order valence-electron chi connectivity index (χ4n) is 2.26. The quantitative estimate of drug-likeness (QED) is 0.338. The van der Waals surface area contributed by atoms with Crippen molar-refractivity contribution in [3.8, 4) is 0 Å². The first-order valence-electron chi connectivity index (χ1n) is 8.60. The molecule has 0 bridgehead atoms. The van der Waals surface area contributed by atoms with Crippen LogP contribution in [0.25, 0.3) is 0 Å². The molecule has 4 amide bonds. The molecule has 0 fully saturated rings. The number of carbonyl (C=O) groups excluding carboxylic acids is 3. The summed E-state index contributed by atoms with van der Waals surface area (Å²) in [7, 11) is 0. The van der Waals surface area contributed by atoms with Crippen molar-refractivity contribution in [3.63, 3.8) is 0 Å². The minimum absolute atomic E-state index is 0.377. The Morgan fingerprint density at radius 1 is 0.586 bits per heavy atom. The van der Waals surface area contributed by atoms with Gasteiger partial charge in [0.2, 0.25) is 0 Å². The SMILES string of the molecule is O=C(Nc1ccccc1)Nc1ccc(NNC(=O)C(=O)Nc2ccncc2)cc1. The molecule has 2 aromatic carbocycles. The third-order valence-electron chi connectivity index (χ3n) is 3.64. The summed E-state index contributed by atoms with van der Waals surface area (Å²) in [6, 6.07) is 18.4. The van der Waals surface area contributed by atoms with Gasteiger partial charge in [-0.2, -0.15) is 0 Å². The van der Waals surface area contributed by atoms with Gasteiger partial charge in [0.25, 0.3) is 0 Å². The number of urea groups is 1. The van der Waals surface area contributed by atoms with E-state index in [0.717, 1.165) is 0 Å². The van der Waals surface area contributed by atoms with Crippen molar-refractivity contribution < 1.29 is 14.4 Å². The van der Waals surface area contributed by atoms with Crippen molar-refractivity contribution in [2.75, 3.05) is 21.4 Å². The lowest BCUT2D eigenvalue weighted by Gasteiger charge is -2.10. The first-order chi connectivity index (χ1) is 14.1. The Labute approximate surface area is 166 Å². The van der Waals surface area contributed by atoms with Crippen LogP contribution in [0.4, 0.5) is 27.5 Å². The van der Waals surface area contributed by atoms with Gasteiger partial charge in [-0.25, -0.2) is 4.79 Å². The molecule has 0 spiro atoms. The topological polar surface area (TPSA) is 124 Å². The number of hydrazine groups is 1. The van der Waals surface area contributed by atoms with Crippen LogP contribution in [-0.4, -0.2) is 22.8 Å². The standard InChI is InChI=1S/C20H18N6O3/c27-18(22-16-10-12-21-13-11-16)19(28)26-25-17-8-6-15(7-9-17)24-20(29)23-14-4-2-1-3-5-14/h1-13,25H,(H,26,28)(H,21,22,27)(H2,23,24,29). The van der Waals surface area contributed by atoms with Crippen LogP contribution >= 0.6 is 0 Å². The number of para-hydroxylation sites is 1. The Morgan fingerprint density at radius 2 is 1.14 bits per heavy atom. The molecular formula is C20H18N6O3. The first kappa shape index (κ1) is 19.4. The van der Waals surface area contributed by atoms with Gasteiger partial charge >= 0.3 is 17.8 Å². The predicted molar refractivity (Wildman–Crippen MR) is 110 cm³/mol. The minimum Gasteiger partial charge on any atom is -0.318 e. The van der Waals surface area contributed by atoms with Crippen molar-refractivity contribution in [2.24, 2.45) is 0 Å². The molecule has 0 radical (unpaired) electrons. The number of anilines is 4. The zero-order valence-electron chi connectivity index (χ0n) is 15.2.